The van der Waals surface area contributed by atoms with Crippen LogP contribution in [0.4, 0.5) is 10.5 Å². The van der Waals surface area contributed by atoms with Gasteiger partial charge in [-0.2, -0.15) is 0 Å². The minimum Gasteiger partial charge on any atom is -0.312 e. The van der Waals surface area contributed by atoms with Crippen LogP contribution in [-0.4, -0.2) is 41.2 Å². The van der Waals surface area contributed by atoms with E-state index in [1.54, 1.807) is 41.3 Å². The predicted molar refractivity (Wildman–Crippen MR) is 124 cm³/mol. The molecule has 0 spiro atoms. The zero-order chi connectivity index (χ0) is 23.8. The van der Waals surface area contributed by atoms with Gasteiger partial charge in [-0.05, 0) is 48.7 Å². The molecule has 1 aliphatic rings. The zero-order valence-corrected chi connectivity index (χ0v) is 19.0. The molecule has 0 bridgehead atoms. The molecule has 9 heteroatoms. The van der Waals surface area contributed by atoms with Gasteiger partial charge in [0.2, 0.25) is 0 Å². The van der Waals surface area contributed by atoms with Gasteiger partial charge in [0.1, 0.15) is 0 Å². The number of carbonyl (C=O) groups is 1. The van der Waals surface area contributed by atoms with E-state index in [0.29, 0.717) is 5.56 Å². The number of hydrogen-bond donors (Lipinski definition) is 0. The molecule has 2 amide bonds. The third kappa shape index (κ3) is 4.19. The van der Waals surface area contributed by atoms with Gasteiger partial charge in [0.05, 0.1) is 22.4 Å². The molecule has 0 N–H and O–H groups in total. The Bertz CT molecular complexity index is 1310. The summed E-state index contributed by atoms with van der Waals surface area (Å²) >= 11 is 0. The van der Waals surface area contributed by atoms with Crippen LogP contribution in [0.3, 0.4) is 0 Å². The third-order valence-electron chi connectivity index (χ3n) is 5.66. The molecule has 1 aliphatic heterocycles. The normalized spacial score (nSPS) is 16.5. The second kappa shape index (κ2) is 8.67. The second-order valence-corrected chi connectivity index (χ2v) is 9.94. The van der Waals surface area contributed by atoms with Crippen molar-refractivity contribution in [1.82, 2.24) is 9.21 Å². The number of nitro benzene ring substituents is 1. The summed E-state index contributed by atoms with van der Waals surface area (Å²) in [4.78, 5) is 25.6. The molecule has 1 atom stereocenters. The standard InChI is InChI=1S/C24H23N3O5S/c1-17(2)26-23(16-25(24(26)28)33(31,32)22-12-4-3-5-13-22)20-10-6-8-18(14-20)19-9-7-11-21(15-19)27(29)30/h3-15,17,23H,16H2,1-2H3. The summed E-state index contributed by atoms with van der Waals surface area (Å²) in [7, 11) is -4.01. The Morgan fingerprint density at radius 2 is 1.58 bits per heavy atom. The first kappa shape index (κ1) is 22.5. The van der Waals surface area contributed by atoms with E-state index in [4.69, 9.17) is 0 Å². The molecule has 0 aliphatic carbocycles. The minimum atomic E-state index is -4.01. The Morgan fingerprint density at radius 3 is 2.21 bits per heavy atom. The summed E-state index contributed by atoms with van der Waals surface area (Å²) in [5.41, 5.74) is 2.15. The second-order valence-electron chi connectivity index (χ2n) is 8.08. The number of hydrogen-bond acceptors (Lipinski definition) is 5. The highest BCUT2D eigenvalue weighted by Gasteiger charge is 2.45. The zero-order valence-electron chi connectivity index (χ0n) is 18.2. The molecule has 1 unspecified atom stereocenters. The van der Waals surface area contributed by atoms with E-state index in [1.165, 1.54) is 24.3 Å². The van der Waals surface area contributed by atoms with Crippen LogP contribution in [0.25, 0.3) is 11.1 Å². The average Bonchev–Trinajstić information content (AvgIpc) is 3.18. The highest BCUT2D eigenvalue weighted by Crippen LogP contribution is 2.36. The van der Waals surface area contributed by atoms with Gasteiger partial charge < -0.3 is 4.90 Å². The first-order chi connectivity index (χ1) is 15.7. The molecule has 1 saturated heterocycles. The van der Waals surface area contributed by atoms with Crippen molar-refractivity contribution in [3.8, 4) is 11.1 Å². The minimum absolute atomic E-state index is 0.0158. The van der Waals surface area contributed by atoms with Gasteiger partial charge in [-0.15, -0.1) is 0 Å². The fraction of sp³-hybridized carbons (Fsp3) is 0.208. The summed E-state index contributed by atoms with van der Waals surface area (Å²) < 4.78 is 27.3. The molecule has 3 aromatic rings. The van der Waals surface area contributed by atoms with Crippen molar-refractivity contribution in [2.75, 3.05) is 6.54 Å². The van der Waals surface area contributed by atoms with Crippen LogP contribution in [0.2, 0.25) is 0 Å². The lowest BCUT2D eigenvalue weighted by Gasteiger charge is -2.27. The Morgan fingerprint density at radius 1 is 0.939 bits per heavy atom. The van der Waals surface area contributed by atoms with Crippen molar-refractivity contribution >= 4 is 21.7 Å². The lowest BCUT2D eigenvalue weighted by Crippen LogP contribution is -2.39. The molecule has 3 aromatic carbocycles. The Labute approximate surface area is 192 Å². The molecule has 170 valence electrons. The topological polar surface area (TPSA) is 101 Å². The number of nitrogens with zero attached hydrogens (tertiary/aromatic N) is 3. The fourth-order valence-electron chi connectivity index (χ4n) is 4.08. The lowest BCUT2D eigenvalue weighted by molar-refractivity contribution is -0.384. The maximum absolute atomic E-state index is 13.2. The van der Waals surface area contributed by atoms with Crippen molar-refractivity contribution in [3.05, 3.63) is 94.5 Å². The maximum Gasteiger partial charge on any atom is 0.334 e. The van der Waals surface area contributed by atoms with Crippen LogP contribution < -0.4 is 0 Å². The largest absolute Gasteiger partial charge is 0.334 e. The fourth-order valence-corrected chi connectivity index (χ4v) is 5.47. The molecule has 8 nitrogen and oxygen atoms in total. The van der Waals surface area contributed by atoms with Crippen molar-refractivity contribution in [1.29, 1.82) is 0 Å². The number of rotatable bonds is 6. The molecule has 0 saturated carbocycles. The van der Waals surface area contributed by atoms with Gasteiger partial charge in [0.15, 0.2) is 0 Å². The van der Waals surface area contributed by atoms with E-state index in [2.05, 4.69) is 0 Å². The van der Waals surface area contributed by atoms with Gasteiger partial charge in [-0.3, -0.25) is 10.1 Å². The van der Waals surface area contributed by atoms with Gasteiger partial charge in [-0.1, -0.05) is 48.5 Å². The van der Waals surface area contributed by atoms with E-state index < -0.39 is 27.0 Å². The van der Waals surface area contributed by atoms with Crippen molar-refractivity contribution in [2.24, 2.45) is 0 Å². The number of amides is 2. The Kier molecular flexibility index (Phi) is 5.90. The summed E-state index contributed by atoms with van der Waals surface area (Å²) in [5.74, 6) is 0. The van der Waals surface area contributed by atoms with E-state index in [0.717, 1.165) is 15.4 Å². The molecule has 0 aromatic heterocycles. The summed E-state index contributed by atoms with van der Waals surface area (Å²) in [5, 5.41) is 11.2. The van der Waals surface area contributed by atoms with E-state index in [1.807, 2.05) is 32.0 Å². The van der Waals surface area contributed by atoms with Crippen molar-refractivity contribution in [3.63, 3.8) is 0 Å². The first-order valence-electron chi connectivity index (χ1n) is 10.4. The predicted octanol–water partition coefficient (Wildman–Crippen LogP) is 4.84. The number of urea groups is 1. The summed E-state index contributed by atoms with van der Waals surface area (Å²) in [6.45, 7) is 3.66. The lowest BCUT2D eigenvalue weighted by atomic mass is 9.98. The summed E-state index contributed by atoms with van der Waals surface area (Å²) in [6.07, 6.45) is 0. The molecular weight excluding hydrogens is 442 g/mol. The molecule has 4 rings (SSSR count). The molecular formula is C24H23N3O5S. The average molecular weight is 466 g/mol. The van der Waals surface area contributed by atoms with Gasteiger partial charge in [0, 0.05) is 18.2 Å². The van der Waals surface area contributed by atoms with Gasteiger partial charge in [-0.25, -0.2) is 17.5 Å². The van der Waals surface area contributed by atoms with E-state index in [9.17, 15) is 23.3 Å². The van der Waals surface area contributed by atoms with E-state index >= 15 is 0 Å². The van der Waals surface area contributed by atoms with Crippen molar-refractivity contribution < 1.29 is 18.1 Å². The third-order valence-corrected chi connectivity index (χ3v) is 7.41. The monoisotopic (exact) mass is 465 g/mol. The van der Waals surface area contributed by atoms with Crippen LogP contribution in [-0.2, 0) is 10.0 Å². The highest BCUT2D eigenvalue weighted by molar-refractivity contribution is 7.89. The molecule has 33 heavy (non-hydrogen) atoms. The summed E-state index contributed by atoms with van der Waals surface area (Å²) in [6, 6.07) is 20.2. The molecule has 1 fully saturated rings. The highest BCUT2D eigenvalue weighted by atomic mass is 32.2. The molecule has 1 heterocycles. The number of nitro groups is 1. The number of benzene rings is 3. The number of carbonyl (C=O) groups excluding carboxylic acids is 1. The first-order valence-corrected chi connectivity index (χ1v) is 11.9. The maximum atomic E-state index is 13.2. The van der Waals surface area contributed by atoms with E-state index in [-0.39, 0.29) is 23.2 Å². The Hall–Kier alpha value is -3.72. The smallest absolute Gasteiger partial charge is 0.312 e. The quantitative estimate of drug-likeness (QED) is 0.383. The number of non-ortho nitro benzene ring substituents is 1. The van der Waals surface area contributed by atoms with Crippen LogP contribution in [0, 0.1) is 10.1 Å². The number of sulfonamides is 1. The van der Waals surface area contributed by atoms with Gasteiger partial charge in [0.25, 0.3) is 15.7 Å². The SMILES string of the molecule is CC(C)N1C(=O)N(S(=O)(=O)c2ccccc2)CC1c1cccc(-c2cccc([N+](=O)[O-])c2)c1. The van der Waals surface area contributed by atoms with Crippen LogP contribution in [0.5, 0.6) is 0 Å². The van der Waals surface area contributed by atoms with Crippen LogP contribution in [0.15, 0.2) is 83.8 Å². The van der Waals surface area contributed by atoms with Crippen molar-refractivity contribution in [2.45, 2.75) is 30.8 Å². The Balaban J connectivity index is 1.73. The van der Waals surface area contributed by atoms with Gasteiger partial charge >= 0.3 is 6.03 Å². The van der Waals surface area contributed by atoms with Crippen LogP contribution in [0.1, 0.15) is 25.5 Å². The van der Waals surface area contributed by atoms with Crippen LogP contribution >= 0.6 is 0 Å². The molecule has 0 radical (unpaired) electrons.